The lowest BCUT2D eigenvalue weighted by atomic mass is 10.0. The molecule has 0 aliphatic heterocycles. The van der Waals surface area contributed by atoms with E-state index in [-0.39, 0.29) is 11.6 Å². The van der Waals surface area contributed by atoms with Gasteiger partial charge >= 0.3 is 6.18 Å². The van der Waals surface area contributed by atoms with E-state index in [9.17, 15) is 13.2 Å². The van der Waals surface area contributed by atoms with Gasteiger partial charge in [0.15, 0.2) is 0 Å². The Morgan fingerprint density at radius 3 is 2.50 bits per heavy atom. The van der Waals surface area contributed by atoms with Gasteiger partial charge in [-0.3, -0.25) is 4.68 Å². The summed E-state index contributed by atoms with van der Waals surface area (Å²) in [6.07, 6.45) is -2.94. The molecule has 0 spiro atoms. The van der Waals surface area contributed by atoms with Crippen LogP contribution in [0.25, 0.3) is 11.3 Å². The van der Waals surface area contributed by atoms with Crippen LogP contribution in [0.5, 0.6) is 0 Å². The molecule has 0 saturated heterocycles. The van der Waals surface area contributed by atoms with Gasteiger partial charge in [-0.05, 0) is 32.0 Å². The maximum absolute atomic E-state index is 12.7. The fourth-order valence-electron chi connectivity index (χ4n) is 2.00. The largest absolute Gasteiger partial charge is 0.417 e. The van der Waals surface area contributed by atoms with Crippen molar-refractivity contribution in [3.8, 4) is 17.3 Å². The third-order valence-electron chi connectivity index (χ3n) is 2.90. The van der Waals surface area contributed by atoms with E-state index in [1.54, 1.807) is 23.0 Å². The lowest BCUT2D eigenvalue weighted by Gasteiger charge is -2.13. The van der Waals surface area contributed by atoms with E-state index >= 15 is 0 Å². The Balaban J connectivity index is 2.56. The summed E-state index contributed by atoms with van der Waals surface area (Å²) < 4.78 is 39.9. The lowest BCUT2D eigenvalue weighted by molar-refractivity contribution is -0.137. The monoisotopic (exact) mass is 279 g/mol. The van der Waals surface area contributed by atoms with Gasteiger partial charge in [0, 0.05) is 17.8 Å². The molecule has 0 fully saturated rings. The van der Waals surface area contributed by atoms with Gasteiger partial charge in [-0.1, -0.05) is 6.07 Å². The Hall–Kier alpha value is -2.29. The Morgan fingerprint density at radius 1 is 1.25 bits per heavy atom. The normalized spacial score (nSPS) is 11.7. The van der Waals surface area contributed by atoms with Crippen LogP contribution in [0.4, 0.5) is 13.2 Å². The molecule has 1 aromatic carbocycles. The second-order valence-corrected chi connectivity index (χ2v) is 4.62. The first kappa shape index (κ1) is 14.1. The van der Waals surface area contributed by atoms with E-state index in [1.807, 2.05) is 13.8 Å². The number of alkyl halides is 3. The van der Waals surface area contributed by atoms with Crippen molar-refractivity contribution in [3.63, 3.8) is 0 Å². The SMILES string of the molecule is CC(C)n1nccc1-c1ccc(C(F)(F)F)c(C#N)c1. The highest BCUT2D eigenvalue weighted by Crippen LogP contribution is 2.34. The molecule has 3 nitrogen and oxygen atoms in total. The van der Waals surface area contributed by atoms with Crippen molar-refractivity contribution in [3.05, 3.63) is 41.6 Å². The summed E-state index contributed by atoms with van der Waals surface area (Å²) in [5.41, 5.74) is -0.0724. The molecule has 0 saturated carbocycles. The predicted molar refractivity (Wildman–Crippen MR) is 67.8 cm³/mol. The summed E-state index contributed by atoms with van der Waals surface area (Å²) in [5, 5.41) is 13.0. The molecule has 6 heteroatoms. The molecule has 0 atom stereocenters. The number of rotatable bonds is 2. The van der Waals surface area contributed by atoms with Crippen molar-refractivity contribution < 1.29 is 13.2 Å². The highest BCUT2D eigenvalue weighted by Gasteiger charge is 2.33. The smallest absolute Gasteiger partial charge is 0.262 e. The standard InChI is InChI=1S/C14H12F3N3/c1-9(2)20-13(5-6-19-20)10-3-4-12(14(15,16)17)11(7-10)8-18/h3-7,9H,1-2H3. The fourth-order valence-corrected chi connectivity index (χ4v) is 2.00. The first-order valence-corrected chi connectivity index (χ1v) is 6.00. The molecule has 2 aromatic rings. The van der Waals surface area contributed by atoms with Crippen LogP contribution >= 0.6 is 0 Å². The van der Waals surface area contributed by atoms with Crippen molar-refractivity contribution in [2.75, 3.05) is 0 Å². The van der Waals surface area contributed by atoms with E-state index in [2.05, 4.69) is 5.10 Å². The van der Waals surface area contributed by atoms with Crippen molar-refractivity contribution >= 4 is 0 Å². The fraction of sp³-hybridized carbons (Fsp3) is 0.286. The maximum atomic E-state index is 12.7. The minimum Gasteiger partial charge on any atom is -0.262 e. The molecule has 0 unspecified atom stereocenters. The van der Waals surface area contributed by atoms with Crippen LogP contribution in [0, 0.1) is 11.3 Å². The minimum atomic E-state index is -4.53. The van der Waals surface area contributed by atoms with Gasteiger partial charge in [-0.25, -0.2) is 0 Å². The minimum absolute atomic E-state index is 0.0767. The number of nitrogens with zero attached hydrogens (tertiary/aromatic N) is 3. The third kappa shape index (κ3) is 2.52. The zero-order chi connectivity index (χ0) is 14.9. The van der Waals surface area contributed by atoms with E-state index in [4.69, 9.17) is 5.26 Å². The molecule has 0 amide bonds. The van der Waals surface area contributed by atoms with Crippen LogP contribution in [-0.4, -0.2) is 9.78 Å². The first-order chi connectivity index (χ1) is 9.34. The van der Waals surface area contributed by atoms with Gasteiger partial charge in [-0.15, -0.1) is 0 Å². The maximum Gasteiger partial charge on any atom is 0.417 e. The molecule has 0 aliphatic rings. The number of hydrogen-bond acceptors (Lipinski definition) is 2. The number of hydrogen-bond donors (Lipinski definition) is 0. The van der Waals surface area contributed by atoms with Gasteiger partial charge in [-0.2, -0.15) is 23.5 Å². The van der Waals surface area contributed by atoms with Crippen LogP contribution in [-0.2, 0) is 6.18 Å². The van der Waals surface area contributed by atoms with Gasteiger partial charge in [0.25, 0.3) is 0 Å². The zero-order valence-corrected chi connectivity index (χ0v) is 10.9. The highest BCUT2D eigenvalue weighted by molar-refractivity contribution is 5.63. The molecular weight excluding hydrogens is 267 g/mol. The molecule has 1 aromatic heterocycles. The molecule has 0 aliphatic carbocycles. The average molecular weight is 279 g/mol. The van der Waals surface area contributed by atoms with Crippen molar-refractivity contribution in [2.45, 2.75) is 26.1 Å². The molecule has 0 radical (unpaired) electrons. The molecular formula is C14H12F3N3. The highest BCUT2D eigenvalue weighted by atomic mass is 19.4. The quantitative estimate of drug-likeness (QED) is 0.833. The number of halogens is 3. The summed E-state index contributed by atoms with van der Waals surface area (Å²) in [7, 11) is 0. The molecule has 20 heavy (non-hydrogen) atoms. The Kier molecular flexibility index (Phi) is 3.53. The van der Waals surface area contributed by atoms with Crippen LogP contribution in [0.3, 0.4) is 0 Å². The summed E-state index contributed by atoms with van der Waals surface area (Å²) in [4.78, 5) is 0. The number of aromatic nitrogens is 2. The predicted octanol–water partition coefficient (Wildman–Crippen LogP) is 4.02. The number of benzene rings is 1. The van der Waals surface area contributed by atoms with E-state index in [0.717, 1.165) is 6.07 Å². The Bertz CT molecular complexity index is 663. The topological polar surface area (TPSA) is 41.6 Å². The first-order valence-electron chi connectivity index (χ1n) is 6.00. The van der Waals surface area contributed by atoms with Crippen molar-refractivity contribution in [1.29, 1.82) is 5.26 Å². The third-order valence-corrected chi connectivity index (χ3v) is 2.90. The molecule has 104 valence electrons. The lowest BCUT2D eigenvalue weighted by Crippen LogP contribution is -2.08. The summed E-state index contributed by atoms with van der Waals surface area (Å²) >= 11 is 0. The average Bonchev–Trinajstić information content (AvgIpc) is 2.86. The van der Waals surface area contributed by atoms with Crippen LogP contribution in [0.15, 0.2) is 30.5 Å². The van der Waals surface area contributed by atoms with Gasteiger partial charge in [0.2, 0.25) is 0 Å². The second kappa shape index (κ2) is 5.00. The summed E-state index contributed by atoms with van der Waals surface area (Å²) in [5.74, 6) is 0. The van der Waals surface area contributed by atoms with Gasteiger partial charge in [0.05, 0.1) is 22.9 Å². The van der Waals surface area contributed by atoms with Crippen LogP contribution in [0.1, 0.15) is 31.0 Å². The van der Waals surface area contributed by atoms with Gasteiger partial charge in [0.1, 0.15) is 0 Å². The molecule has 0 N–H and O–H groups in total. The Labute approximate surface area is 114 Å². The Morgan fingerprint density at radius 2 is 1.95 bits per heavy atom. The zero-order valence-electron chi connectivity index (χ0n) is 10.9. The summed E-state index contributed by atoms with van der Waals surface area (Å²) in [6, 6.07) is 6.94. The van der Waals surface area contributed by atoms with E-state index in [0.29, 0.717) is 11.3 Å². The molecule has 2 rings (SSSR count). The summed E-state index contributed by atoms with van der Waals surface area (Å²) in [6.45, 7) is 3.84. The second-order valence-electron chi connectivity index (χ2n) is 4.62. The number of nitriles is 1. The van der Waals surface area contributed by atoms with Crippen molar-refractivity contribution in [1.82, 2.24) is 9.78 Å². The van der Waals surface area contributed by atoms with E-state index < -0.39 is 11.7 Å². The van der Waals surface area contributed by atoms with E-state index in [1.165, 1.54) is 12.1 Å². The molecule has 0 bridgehead atoms. The van der Waals surface area contributed by atoms with Crippen molar-refractivity contribution in [2.24, 2.45) is 0 Å². The van der Waals surface area contributed by atoms with Crippen LogP contribution in [0.2, 0.25) is 0 Å². The molecule has 1 heterocycles. The van der Waals surface area contributed by atoms with Crippen LogP contribution < -0.4 is 0 Å². The van der Waals surface area contributed by atoms with Gasteiger partial charge < -0.3 is 0 Å².